The second kappa shape index (κ2) is 4.14. The Bertz CT molecular complexity index is 364. The highest BCUT2D eigenvalue weighted by atomic mass is 19.1. The lowest BCUT2D eigenvalue weighted by Gasteiger charge is -2.11. The molecule has 0 amide bonds. The van der Waals surface area contributed by atoms with Crippen LogP contribution in [0.15, 0.2) is 12.1 Å². The normalized spacial score (nSPS) is 15.4. The molecular weight excluding hydrogens is 200 g/mol. The Morgan fingerprint density at radius 3 is 2.73 bits per heavy atom. The number of rotatable bonds is 4. The van der Waals surface area contributed by atoms with E-state index in [1.54, 1.807) is 7.05 Å². The Labute approximate surface area is 87.2 Å². The molecular formula is C11H13F2NO. The van der Waals surface area contributed by atoms with Crippen molar-refractivity contribution < 1.29 is 13.5 Å². The van der Waals surface area contributed by atoms with E-state index >= 15 is 0 Å². The maximum absolute atomic E-state index is 13.4. The van der Waals surface area contributed by atoms with Gasteiger partial charge in [0, 0.05) is 18.2 Å². The zero-order valence-corrected chi connectivity index (χ0v) is 8.52. The van der Waals surface area contributed by atoms with Gasteiger partial charge in [0.25, 0.3) is 0 Å². The monoisotopic (exact) mass is 213 g/mol. The van der Waals surface area contributed by atoms with Gasteiger partial charge in [-0.1, -0.05) is 0 Å². The quantitative estimate of drug-likeness (QED) is 0.828. The van der Waals surface area contributed by atoms with Crippen molar-refractivity contribution in [1.82, 2.24) is 5.32 Å². The van der Waals surface area contributed by atoms with Crippen LogP contribution in [0.25, 0.3) is 0 Å². The molecule has 0 atom stereocenters. The van der Waals surface area contributed by atoms with Crippen molar-refractivity contribution in [3.8, 4) is 5.75 Å². The second-order valence-electron chi connectivity index (χ2n) is 3.72. The van der Waals surface area contributed by atoms with E-state index in [0.717, 1.165) is 18.9 Å². The maximum atomic E-state index is 13.4. The lowest BCUT2D eigenvalue weighted by Crippen LogP contribution is -2.10. The van der Waals surface area contributed by atoms with Crippen LogP contribution in [-0.4, -0.2) is 13.2 Å². The molecule has 1 aliphatic rings. The van der Waals surface area contributed by atoms with Crippen LogP contribution < -0.4 is 10.1 Å². The summed E-state index contributed by atoms with van der Waals surface area (Å²) in [7, 11) is 1.73. The van der Waals surface area contributed by atoms with Gasteiger partial charge < -0.3 is 10.1 Å². The van der Waals surface area contributed by atoms with Crippen molar-refractivity contribution in [2.24, 2.45) is 0 Å². The van der Waals surface area contributed by atoms with E-state index in [1.807, 2.05) is 0 Å². The predicted molar refractivity (Wildman–Crippen MR) is 52.8 cm³/mol. The van der Waals surface area contributed by atoms with Crippen molar-refractivity contribution in [3.05, 3.63) is 29.3 Å². The zero-order valence-electron chi connectivity index (χ0n) is 8.52. The van der Waals surface area contributed by atoms with Gasteiger partial charge >= 0.3 is 0 Å². The first-order valence-corrected chi connectivity index (χ1v) is 5.00. The van der Waals surface area contributed by atoms with Gasteiger partial charge in [0.2, 0.25) is 0 Å². The Kier molecular flexibility index (Phi) is 2.86. The van der Waals surface area contributed by atoms with Crippen LogP contribution in [0.4, 0.5) is 8.78 Å². The minimum Gasteiger partial charge on any atom is -0.487 e. The topological polar surface area (TPSA) is 21.3 Å². The van der Waals surface area contributed by atoms with E-state index in [0.29, 0.717) is 12.1 Å². The van der Waals surface area contributed by atoms with Gasteiger partial charge in [-0.05, 0) is 26.0 Å². The minimum absolute atomic E-state index is 0.112. The highest BCUT2D eigenvalue weighted by molar-refractivity contribution is 5.36. The molecule has 1 saturated carbocycles. The van der Waals surface area contributed by atoms with Crippen molar-refractivity contribution >= 4 is 0 Å². The number of hydrogen-bond donors (Lipinski definition) is 1. The molecule has 0 bridgehead atoms. The molecule has 2 rings (SSSR count). The summed E-state index contributed by atoms with van der Waals surface area (Å²) in [5.41, 5.74) is 0.530. The van der Waals surface area contributed by atoms with Gasteiger partial charge in [0.05, 0.1) is 6.10 Å². The molecule has 0 unspecified atom stereocenters. The number of nitrogens with one attached hydrogen (secondary N) is 1. The van der Waals surface area contributed by atoms with E-state index in [1.165, 1.54) is 6.07 Å². The average molecular weight is 213 g/mol. The van der Waals surface area contributed by atoms with Crippen LogP contribution in [0, 0.1) is 11.6 Å². The third-order valence-electron chi connectivity index (χ3n) is 2.26. The Morgan fingerprint density at radius 1 is 1.40 bits per heavy atom. The van der Waals surface area contributed by atoms with E-state index in [2.05, 4.69) is 5.32 Å². The molecule has 4 heteroatoms. The summed E-state index contributed by atoms with van der Waals surface area (Å²) in [6.45, 7) is 0.400. The van der Waals surface area contributed by atoms with Crippen LogP contribution in [0.3, 0.4) is 0 Å². The molecule has 1 N–H and O–H groups in total. The van der Waals surface area contributed by atoms with Crippen LogP contribution >= 0.6 is 0 Å². The molecule has 1 aromatic rings. The SMILES string of the molecule is CNCc1cc(F)cc(F)c1OC1CC1. The first kappa shape index (κ1) is 10.4. The smallest absolute Gasteiger partial charge is 0.168 e. The van der Waals surface area contributed by atoms with Crippen molar-refractivity contribution in [2.75, 3.05) is 7.05 Å². The van der Waals surface area contributed by atoms with Crippen molar-refractivity contribution in [3.63, 3.8) is 0 Å². The average Bonchev–Trinajstić information content (AvgIpc) is 2.95. The number of halogens is 2. The molecule has 15 heavy (non-hydrogen) atoms. The van der Waals surface area contributed by atoms with E-state index in [9.17, 15) is 8.78 Å². The van der Waals surface area contributed by atoms with Crippen molar-refractivity contribution in [1.29, 1.82) is 0 Å². The molecule has 0 radical (unpaired) electrons. The highest BCUT2D eigenvalue weighted by Gasteiger charge is 2.26. The Morgan fingerprint density at radius 2 is 2.13 bits per heavy atom. The number of hydrogen-bond acceptors (Lipinski definition) is 2. The summed E-state index contributed by atoms with van der Waals surface area (Å²) in [6, 6.07) is 2.16. The van der Waals surface area contributed by atoms with E-state index in [-0.39, 0.29) is 11.9 Å². The number of benzene rings is 1. The molecule has 0 aromatic heterocycles. The van der Waals surface area contributed by atoms with Gasteiger partial charge in [-0.2, -0.15) is 0 Å². The molecule has 2 nitrogen and oxygen atoms in total. The van der Waals surface area contributed by atoms with Crippen molar-refractivity contribution in [2.45, 2.75) is 25.5 Å². The summed E-state index contributed by atoms with van der Waals surface area (Å²) in [4.78, 5) is 0. The highest BCUT2D eigenvalue weighted by Crippen LogP contribution is 2.31. The first-order valence-electron chi connectivity index (χ1n) is 5.00. The predicted octanol–water partition coefficient (Wildman–Crippen LogP) is 2.23. The van der Waals surface area contributed by atoms with E-state index in [4.69, 9.17) is 4.74 Å². The van der Waals surface area contributed by atoms with Crippen LogP contribution in [0.5, 0.6) is 5.75 Å². The fourth-order valence-electron chi connectivity index (χ4n) is 1.42. The minimum atomic E-state index is -0.618. The molecule has 0 spiro atoms. The summed E-state index contributed by atoms with van der Waals surface area (Å²) in [5.74, 6) is -0.999. The molecule has 1 fully saturated rings. The van der Waals surface area contributed by atoms with Crippen LogP contribution in [0.1, 0.15) is 18.4 Å². The standard InChI is InChI=1S/C11H13F2NO/c1-14-6-7-4-8(12)5-10(13)11(7)15-9-2-3-9/h4-5,9,14H,2-3,6H2,1H3. The molecule has 0 aliphatic heterocycles. The molecule has 0 saturated heterocycles. The third-order valence-corrected chi connectivity index (χ3v) is 2.26. The lowest BCUT2D eigenvalue weighted by atomic mass is 10.2. The molecule has 1 aromatic carbocycles. The van der Waals surface area contributed by atoms with E-state index < -0.39 is 11.6 Å². The van der Waals surface area contributed by atoms with Gasteiger partial charge in [0.1, 0.15) is 5.82 Å². The Balaban J connectivity index is 2.29. The molecule has 0 heterocycles. The van der Waals surface area contributed by atoms with Crippen LogP contribution in [-0.2, 0) is 6.54 Å². The summed E-state index contributed by atoms with van der Waals surface area (Å²) < 4.78 is 31.8. The lowest BCUT2D eigenvalue weighted by molar-refractivity contribution is 0.282. The molecule has 82 valence electrons. The van der Waals surface area contributed by atoms with Gasteiger partial charge in [-0.3, -0.25) is 0 Å². The first-order chi connectivity index (χ1) is 7.20. The fourth-order valence-corrected chi connectivity index (χ4v) is 1.42. The summed E-state index contributed by atoms with van der Waals surface area (Å²) in [6.07, 6.45) is 2.02. The zero-order chi connectivity index (χ0) is 10.8. The molecule has 1 aliphatic carbocycles. The van der Waals surface area contributed by atoms with Gasteiger partial charge in [0.15, 0.2) is 11.6 Å². The largest absolute Gasteiger partial charge is 0.487 e. The maximum Gasteiger partial charge on any atom is 0.168 e. The second-order valence-corrected chi connectivity index (χ2v) is 3.72. The van der Waals surface area contributed by atoms with Gasteiger partial charge in [-0.25, -0.2) is 8.78 Å². The van der Waals surface area contributed by atoms with Crippen LogP contribution in [0.2, 0.25) is 0 Å². The summed E-state index contributed by atoms with van der Waals surface area (Å²) >= 11 is 0. The summed E-state index contributed by atoms with van der Waals surface area (Å²) in [5, 5.41) is 2.86. The Hall–Kier alpha value is -1.16. The third kappa shape index (κ3) is 2.45. The fraction of sp³-hybridized carbons (Fsp3) is 0.455. The van der Waals surface area contributed by atoms with Gasteiger partial charge in [-0.15, -0.1) is 0 Å². The number of ether oxygens (including phenoxy) is 1.